The summed E-state index contributed by atoms with van der Waals surface area (Å²) in [6, 6.07) is 9.25. The lowest BCUT2D eigenvalue weighted by Gasteiger charge is -2.04. The van der Waals surface area contributed by atoms with E-state index in [1.807, 2.05) is 0 Å². The summed E-state index contributed by atoms with van der Waals surface area (Å²) < 4.78 is 19.0. The van der Waals surface area contributed by atoms with Crippen LogP contribution < -0.4 is 4.74 Å². The van der Waals surface area contributed by atoms with Crippen molar-refractivity contribution in [2.45, 2.75) is 0 Å². The van der Waals surface area contributed by atoms with Crippen molar-refractivity contribution in [2.24, 2.45) is 0 Å². The van der Waals surface area contributed by atoms with Crippen molar-refractivity contribution in [1.29, 1.82) is 0 Å². The van der Waals surface area contributed by atoms with Crippen LogP contribution in [0.4, 0.5) is 4.39 Å². The Balaban J connectivity index is 2.15. The van der Waals surface area contributed by atoms with Crippen molar-refractivity contribution < 1.29 is 13.9 Å². The van der Waals surface area contributed by atoms with Gasteiger partial charge in [0, 0.05) is 27.7 Å². The van der Waals surface area contributed by atoms with Gasteiger partial charge in [0.15, 0.2) is 5.78 Å². The fraction of sp³-hybridized carbons (Fsp3) is 0.0625. The first-order valence-corrected chi connectivity index (χ1v) is 6.63. The quantitative estimate of drug-likeness (QED) is 0.737. The van der Waals surface area contributed by atoms with E-state index < -0.39 is 11.6 Å². The van der Waals surface area contributed by atoms with Crippen LogP contribution in [0.15, 0.2) is 42.6 Å². The number of H-pyrrole nitrogens is 1. The molecule has 0 fully saturated rings. The average molecular weight is 304 g/mol. The summed E-state index contributed by atoms with van der Waals surface area (Å²) in [6.07, 6.45) is 1.56. The van der Waals surface area contributed by atoms with E-state index in [4.69, 9.17) is 16.3 Å². The predicted molar refractivity (Wildman–Crippen MR) is 79.7 cm³/mol. The van der Waals surface area contributed by atoms with Gasteiger partial charge in [-0.2, -0.15) is 0 Å². The molecular weight excluding hydrogens is 293 g/mol. The number of ketones is 1. The lowest BCUT2D eigenvalue weighted by atomic mass is 10.0. The normalized spacial score (nSPS) is 10.8. The molecule has 1 aromatic heterocycles. The molecule has 1 N–H and O–H groups in total. The molecule has 0 spiro atoms. The third kappa shape index (κ3) is 2.38. The number of carbonyl (C=O) groups excluding carboxylic acids is 1. The minimum absolute atomic E-state index is 0.0498. The van der Waals surface area contributed by atoms with E-state index in [-0.39, 0.29) is 5.56 Å². The van der Waals surface area contributed by atoms with Gasteiger partial charge in [-0.25, -0.2) is 4.39 Å². The predicted octanol–water partition coefficient (Wildman–Crippen LogP) is 4.20. The highest BCUT2D eigenvalue weighted by atomic mass is 35.5. The Bertz CT molecular complexity index is 841. The molecule has 106 valence electrons. The zero-order valence-corrected chi connectivity index (χ0v) is 11.9. The van der Waals surface area contributed by atoms with Crippen molar-refractivity contribution in [1.82, 2.24) is 4.98 Å². The number of aromatic amines is 1. The van der Waals surface area contributed by atoms with Gasteiger partial charge in [-0.15, -0.1) is 0 Å². The van der Waals surface area contributed by atoms with Crippen LogP contribution in [-0.4, -0.2) is 17.9 Å². The molecule has 3 rings (SSSR count). The molecule has 0 aliphatic rings. The Hall–Kier alpha value is -2.33. The zero-order chi connectivity index (χ0) is 15.0. The van der Waals surface area contributed by atoms with Crippen molar-refractivity contribution in [3.05, 3.63) is 64.6 Å². The number of benzene rings is 2. The van der Waals surface area contributed by atoms with Crippen LogP contribution >= 0.6 is 11.6 Å². The molecule has 0 aliphatic heterocycles. The number of aromatic nitrogens is 1. The van der Waals surface area contributed by atoms with E-state index >= 15 is 0 Å². The summed E-state index contributed by atoms with van der Waals surface area (Å²) >= 11 is 5.84. The van der Waals surface area contributed by atoms with Crippen molar-refractivity contribution in [3.63, 3.8) is 0 Å². The molecule has 1 heterocycles. The molecule has 21 heavy (non-hydrogen) atoms. The Morgan fingerprint density at radius 1 is 1.19 bits per heavy atom. The Morgan fingerprint density at radius 2 is 2.00 bits per heavy atom. The minimum atomic E-state index is -0.596. The Morgan fingerprint density at radius 3 is 2.76 bits per heavy atom. The maximum atomic E-state index is 13.8. The van der Waals surface area contributed by atoms with E-state index in [1.165, 1.54) is 18.2 Å². The number of hydrogen-bond acceptors (Lipinski definition) is 2. The molecule has 2 aromatic carbocycles. The second kappa shape index (κ2) is 5.22. The highest BCUT2D eigenvalue weighted by Gasteiger charge is 2.18. The van der Waals surface area contributed by atoms with Crippen LogP contribution in [0.25, 0.3) is 10.9 Å². The number of carbonyl (C=O) groups is 1. The average Bonchev–Trinajstić information content (AvgIpc) is 2.91. The highest BCUT2D eigenvalue weighted by Crippen LogP contribution is 2.27. The van der Waals surface area contributed by atoms with Gasteiger partial charge >= 0.3 is 0 Å². The molecule has 0 saturated heterocycles. The van der Waals surface area contributed by atoms with E-state index in [2.05, 4.69) is 4.98 Å². The first kappa shape index (κ1) is 13.6. The van der Waals surface area contributed by atoms with Crippen LogP contribution in [0.1, 0.15) is 15.9 Å². The maximum absolute atomic E-state index is 13.8. The summed E-state index contributed by atoms with van der Waals surface area (Å²) in [5.74, 6) is -0.390. The van der Waals surface area contributed by atoms with Crippen LogP contribution in [0.2, 0.25) is 5.02 Å². The van der Waals surface area contributed by atoms with Crippen molar-refractivity contribution in [2.75, 3.05) is 7.11 Å². The summed E-state index contributed by atoms with van der Waals surface area (Å²) in [5, 5.41) is 0.996. The number of ether oxygens (including phenoxy) is 1. The Kier molecular flexibility index (Phi) is 3.39. The number of methoxy groups -OCH3 is 1. The summed E-state index contributed by atoms with van der Waals surface area (Å²) in [4.78, 5) is 15.5. The molecule has 5 heteroatoms. The molecule has 0 atom stereocenters. The van der Waals surface area contributed by atoms with Crippen LogP contribution in [0, 0.1) is 5.82 Å². The standard InChI is InChI=1S/C16H11ClFNO2/c1-21-10-3-5-15-11(7-10)13(8-19-15)16(20)12-6-9(17)2-4-14(12)18/h2-8,19H,1H3. The molecule has 0 unspecified atom stereocenters. The van der Waals surface area contributed by atoms with Gasteiger partial charge in [0.2, 0.25) is 0 Å². The molecule has 0 bridgehead atoms. The second-order valence-electron chi connectivity index (χ2n) is 4.57. The zero-order valence-electron chi connectivity index (χ0n) is 11.1. The molecular formula is C16H11ClFNO2. The number of hydrogen-bond donors (Lipinski definition) is 1. The summed E-state index contributed by atoms with van der Waals surface area (Å²) in [6.45, 7) is 0. The number of fused-ring (bicyclic) bond motifs is 1. The van der Waals surface area contributed by atoms with Gasteiger partial charge in [-0.3, -0.25) is 4.79 Å². The van der Waals surface area contributed by atoms with Crippen LogP contribution in [-0.2, 0) is 0 Å². The second-order valence-corrected chi connectivity index (χ2v) is 5.00. The fourth-order valence-corrected chi connectivity index (χ4v) is 2.40. The minimum Gasteiger partial charge on any atom is -0.497 e. The fourth-order valence-electron chi connectivity index (χ4n) is 2.23. The van der Waals surface area contributed by atoms with Crippen LogP contribution in [0.5, 0.6) is 5.75 Å². The summed E-state index contributed by atoms with van der Waals surface area (Å²) in [5.41, 5.74) is 1.11. The van der Waals surface area contributed by atoms with Gasteiger partial charge in [-0.05, 0) is 36.4 Å². The van der Waals surface area contributed by atoms with E-state index in [1.54, 1.807) is 31.5 Å². The first-order valence-electron chi connectivity index (χ1n) is 6.25. The van der Waals surface area contributed by atoms with Crippen molar-refractivity contribution in [3.8, 4) is 5.75 Å². The van der Waals surface area contributed by atoms with E-state index in [0.29, 0.717) is 21.7 Å². The number of halogens is 2. The molecule has 3 nitrogen and oxygen atoms in total. The molecule has 0 saturated carbocycles. The van der Waals surface area contributed by atoms with E-state index in [0.717, 1.165) is 5.52 Å². The van der Waals surface area contributed by atoms with Gasteiger partial charge < -0.3 is 9.72 Å². The SMILES string of the molecule is COc1ccc2[nH]cc(C(=O)c3cc(Cl)ccc3F)c2c1. The monoisotopic (exact) mass is 303 g/mol. The first-order chi connectivity index (χ1) is 10.1. The number of rotatable bonds is 3. The largest absolute Gasteiger partial charge is 0.497 e. The lowest BCUT2D eigenvalue weighted by Crippen LogP contribution is -2.03. The topological polar surface area (TPSA) is 42.1 Å². The van der Waals surface area contributed by atoms with Gasteiger partial charge in [0.25, 0.3) is 0 Å². The molecule has 0 aliphatic carbocycles. The van der Waals surface area contributed by atoms with Gasteiger partial charge in [-0.1, -0.05) is 11.6 Å². The third-order valence-corrected chi connectivity index (χ3v) is 3.54. The maximum Gasteiger partial charge on any atom is 0.198 e. The molecule has 3 aromatic rings. The van der Waals surface area contributed by atoms with E-state index in [9.17, 15) is 9.18 Å². The highest BCUT2D eigenvalue weighted by molar-refractivity contribution is 6.31. The van der Waals surface area contributed by atoms with Crippen LogP contribution in [0.3, 0.4) is 0 Å². The van der Waals surface area contributed by atoms with Crippen molar-refractivity contribution >= 4 is 28.3 Å². The molecule has 0 amide bonds. The molecule has 0 radical (unpaired) electrons. The van der Waals surface area contributed by atoms with Gasteiger partial charge in [0.05, 0.1) is 12.7 Å². The Labute approximate surface area is 125 Å². The number of nitrogens with one attached hydrogen (secondary N) is 1. The lowest BCUT2D eigenvalue weighted by molar-refractivity contribution is 0.103. The van der Waals surface area contributed by atoms with Gasteiger partial charge in [0.1, 0.15) is 11.6 Å². The summed E-state index contributed by atoms with van der Waals surface area (Å²) in [7, 11) is 1.55. The third-order valence-electron chi connectivity index (χ3n) is 3.31. The smallest absolute Gasteiger partial charge is 0.198 e.